The summed E-state index contributed by atoms with van der Waals surface area (Å²) in [5, 5.41) is 14.8. The third-order valence-corrected chi connectivity index (χ3v) is 2.87. The summed E-state index contributed by atoms with van der Waals surface area (Å²) in [4.78, 5) is 10.7. The predicted molar refractivity (Wildman–Crippen MR) is 73.4 cm³/mol. The average Bonchev–Trinajstić information content (AvgIpc) is 2.44. The smallest absolute Gasteiger partial charge is 0.159 e. The van der Waals surface area contributed by atoms with Gasteiger partial charge in [0, 0.05) is 0 Å². The second-order valence-electron chi connectivity index (χ2n) is 4.03. The van der Waals surface area contributed by atoms with E-state index < -0.39 is 17.6 Å². The Labute approximate surface area is 123 Å². The summed E-state index contributed by atoms with van der Waals surface area (Å²) in [5.41, 5.74) is 3.03. The second kappa shape index (κ2) is 6.32. The summed E-state index contributed by atoms with van der Waals surface area (Å²) in [7, 11) is 0. The van der Waals surface area contributed by atoms with Gasteiger partial charge in [0.15, 0.2) is 11.6 Å². The van der Waals surface area contributed by atoms with Crippen molar-refractivity contribution < 1.29 is 18.7 Å². The molecule has 0 aliphatic rings. The fraction of sp³-hybridized carbons (Fsp3) is 0. The van der Waals surface area contributed by atoms with E-state index in [9.17, 15) is 18.7 Å². The van der Waals surface area contributed by atoms with Crippen LogP contribution in [0.5, 0.6) is 0 Å². The predicted octanol–water partition coefficient (Wildman–Crippen LogP) is 2.43. The highest BCUT2D eigenvalue weighted by Gasteiger charge is 2.03. The van der Waals surface area contributed by atoms with Crippen LogP contribution in [0.2, 0.25) is 5.02 Å². The molecule has 1 N–H and O–H groups in total. The number of halogens is 3. The van der Waals surface area contributed by atoms with Crippen LogP contribution in [0.25, 0.3) is 0 Å². The number of hydrogen-bond donors (Lipinski definition) is 1. The number of benzene rings is 2. The van der Waals surface area contributed by atoms with Crippen LogP contribution in [-0.2, 0) is 0 Å². The Morgan fingerprint density at radius 2 is 1.95 bits per heavy atom. The number of carboxylic acids is 1. The molecule has 0 atom stereocenters. The van der Waals surface area contributed by atoms with Crippen LogP contribution in [0.15, 0.2) is 41.5 Å². The lowest BCUT2D eigenvalue weighted by molar-refractivity contribution is -0.255. The average molecular weight is 310 g/mol. The first-order valence-corrected chi connectivity index (χ1v) is 6.10. The van der Waals surface area contributed by atoms with Gasteiger partial charge in [-0.15, -0.1) is 0 Å². The van der Waals surface area contributed by atoms with E-state index in [-0.39, 0.29) is 16.3 Å². The van der Waals surface area contributed by atoms with E-state index in [0.717, 1.165) is 12.1 Å². The van der Waals surface area contributed by atoms with Gasteiger partial charge in [0.1, 0.15) is 0 Å². The van der Waals surface area contributed by atoms with Gasteiger partial charge in [0.25, 0.3) is 0 Å². The Balaban J connectivity index is 2.15. The van der Waals surface area contributed by atoms with Crippen molar-refractivity contribution in [3.63, 3.8) is 0 Å². The van der Waals surface area contributed by atoms with Gasteiger partial charge in [0.05, 0.1) is 22.9 Å². The van der Waals surface area contributed by atoms with E-state index in [1.165, 1.54) is 30.5 Å². The lowest BCUT2D eigenvalue weighted by atomic mass is 10.2. The number of carbonyl (C=O) groups is 1. The monoisotopic (exact) mass is 309 g/mol. The molecule has 21 heavy (non-hydrogen) atoms. The van der Waals surface area contributed by atoms with Crippen LogP contribution in [0.1, 0.15) is 15.9 Å². The van der Waals surface area contributed by atoms with Crippen molar-refractivity contribution in [2.75, 3.05) is 5.43 Å². The molecule has 0 unspecified atom stereocenters. The third-order valence-electron chi connectivity index (χ3n) is 2.54. The lowest BCUT2D eigenvalue weighted by Gasteiger charge is -2.07. The molecule has 0 heterocycles. The summed E-state index contributed by atoms with van der Waals surface area (Å²) in [5.74, 6) is -3.29. The maximum Gasteiger partial charge on any atom is 0.159 e. The molecule has 4 nitrogen and oxygen atoms in total. The van der Waals surface area contributed by atoms with Crippen LogP contribution in [-0.4, -0.2) is 12.2 Å². The quantitative estimate of drug-likeness (QED) is 0.697. The van der Waals surface area contributed by atoms with E-state index in [0.29, 0.717) is 5.56 Å². The molecule has 0 aromatic heterocycles. The molecule has 7 heteroatoms. The number of rotatable bonds is 4. The summed E-state index contributed by atoms with van der Waals surface area (Å²) >= 11 is 5.87. The van der Waals surface area contributed by atoms with Gasteiger partial charge in [0.2, 0.25) is 0 Å². The first-order valence-electron chi connectivity index (χ1n) is 5.72. The summed E-state index contributed by atoms with van der Waals surface area (Å²) in [6, 6.07) is 7.20. The number of hydrazone groups is 1. The molecule has 2 rings (SSSR count). The number of nitrogens with one attached hydrogen (secondary N) is 1. The maximum atomic E-state index is 13.0. The molecule has 0 aliphatic heterocycles. The van der Waals surface area contributed by atoms with Crippen LogP contribution >= 0.6 is 11.6 Å². The first-order chi connectivity index (χ1) is 9.97. The first kappa shape index (κ1) is 14.9. The molecular weight excluding hydrogens is 302 g/mol. The Hall–Kier alpha value is -2.47. The van der Waals surface area contributed by atoms with Gasteiger partial charge in [-0.25, -0.2) is 8.78 Å². The summed E-state index contributed by atoms with van der Waals surface area (Å²) < 4.78 is 25.7. The largest absolute Gasteiger partial charge is 0.545 e. The van der Waals surface area contributed by atoms with Gasteiger partial charge in [-0.2, -0.15) is 5.10 Å². The van der Waals surface area contributed by atoms with Gasteiger partial charge < -0.3 is 9.90 Å². The van der Waals surface area contributed by atoms with Gasteiger partial charge >= 0.3 is 0 Å². The minimum atomic E-state index is -1.35. The van der Waals surface area contributed by atoms with Crippen molar-refractivity contribution in [2.45, 2.75) is 0 Å². The number of aromatic carboxylic acids is 1. The summed E-state index contributed by atoms with van der Waals surface area (Å²) in [6.45, 7) is 0. The Kier molecular flexibility index (Phi) is 4.49. The minimum absolute atomic E-state index is 0.0649. The van der Waals surface area contributed by atoms with Crippen molar-refractivity contribution in [1.29, 1.82) is 0 Å². The molecule has 0 saturated carbocycles. The molecule has 0 fully saturated rings. The van der Waals surface area contributed by atoms with Crippen molar-refractivity contribution in [3.8, 4) is 0 Å². The number of anilines is 1. The molecule has 0 spiro atoms. The molecule has 2 aromatic carbocycles. The van der Waals surface area contributed by atoms with Crippen LogP contribution in [0.3, 0.4) is 0 Å². The van der Waals surface area contributed by atoms with E-state index in [1.54, 1.807) is 0 Å². The Morgan fingerprint density at radius 3 is 2.62 bits per heavy atom. The minimum Gasteiger partial charge on any atom is -0.545 e. The number of hydrogen-bond acceptors (Lipinski definition) is 4. The molecule has 0 amide bonds. The van der Waals surface area contributed by atoms with Gasteiger partial charge in [-0.05, 0) is 35.4 Å². The van der Waals surface area contributed by atoms with Gasteiger partial charge in [-0.1, -0.05) is 23.7 Å². The molecule has 0 radical (unpaired) electrons. The Morgan fingerprint density at radius 1 is 1.19 bits per heavy atom. The standard InChI is InChI=1S/C14H9ClF2N2O2/c15-10-3-2-9(14(20)21)6-13(10)19-18-7-8-1-4-11(16)12(17)5-8/h1-7,19H,(H,20,21)/p-1/b18-7-. The van der Waals surface area contributed by atoms with Crippen molar-refractivity contribution >= 4 is 29.5 Å². The van der Waals surface area contributed by atoms with Crippen LogP contribution < -0.4 is 10.5 Å². The number of carboxylic acid groups (broad SMARTS) is 1. The summed E-state index contributed by atoms with van der Waals surface area (Å²) in [6.07, 6.45) is 1.24. The zero-order valence-electron chi connectivity index (χ0n) is 10.4. The van der Waals surface area contributed by atoms with E-state index >= 15 is 0 Å². The molecule has 0 bridgehead atoms. The lowest BCUT2D eigenvalue weighted by Crippen LogP contribution is -2.22. The van der Waals surface area contributed by atoms with E-state index in [1.807, 2.05) is 0 Å². The topological polar surface area (TPSA) is 64.5 Å². The number of nitrogens with zero attached hydrogens (tertiary/aromatic N) is 1. The zero-order valence-corrected chi connectivity index (χ0v) is 11.2. The zero-order chi connectivity index (χ0) is 15.4. The van der Waals surface area contributed by atoms with Crippen LogP contribution in [0, 0.1) is 11.6 Å². The highest BCUT2D eigenvalue weighted by Crippen LogP contribution is 2.22. The van der Waals surface area contributed by atoms with E-state index in [4.69, 9.17) is 11.6 Å². The third kappa shape index (κ3) is 3.76. The Bertz CT molecular complexity index is 720. The molecule has 0 aliphatic carbocycles. The van der Waals surface area contributed by atoms with Gasteiger partial charge in [-0.3, -0.25) is 5.43 Å². The van der Waals surface area contributed by atoms with Crippen molar-refractivity contribution in [2.24, 2.45) is 5.10 Å². The van der Waals surface area contributed by atoms with E-state index in [2.05, 4.69) is 10.5 Å². The normalized spacial score (nSPS) is 10.8. The molecule has 2 aromatic rings. The second-order valence-corrected chi connectivity index (χ2v) is 4.43. The highest BCUT2D eigenvalue weighted by atomic mass is 35.5. The molecule has 108 valence electrons. The number of carbonyl (C=O) groups excluding carboxylic acids is 1. The van der Waals surface area contributed by atoms with Crippen LogP contribution in [0.4, 0.5) is 14.5 Å². The maximum absolute atomic E-state index is 13.0. The van der Waals surface area contributed by atoms with Crippen molar-refractivity contribution in [3.05, 3.63) is 64.2 Å². The fourth-order valence-corrected chi connectivity index (χ4v) is 1.67. The SMILES string of the molecule is O=C([O-])c1ccc(Cl)c(N/N=C\c2ccc(F)c(F)c2)c1. The highest BCUT2D eigenvalue weighted by molar-refractivity contribution is 6.33. The fourth-order valence-electron chi connectivity index (χ4n) is 1.51. The van der Waals surface area contributed by atoms with Crippen molar-refractivity contribution in [1.82, 2.24) is 0 Å². The molecular formula is C14H8ClF2N2O2-. The molecule has 0 saturated heterocycles.